The molecule has 2 aromatic rings. The van der Waals surface area contributed by atoms with Gasteiger partial charge in [0.05, 0.1) is 11.3 Å². The lowest BCUT2D eigenvalue weighted by molar-refractivity contribution is 0.102. The smallest absolute Gasteiger partial charge is 0.259 e. The largest absolute Gasteiger partial charge is 0.454 e. The van der Waals surface area contributed by atoms with Crippen LogP contribution in [-0.2, 0) is 6.42 Å². The molecule has 1 heterocycles. The first-order valence-electron chi connectivity index (χ1n) is 7.13. The number of fused-ring (bicyclic) bond motifs is 2. The Bertz CT molecular complexity index is 699. The second kappa shape index (κ2) is 4.92. The number of carbonyl (C=O) groups is 1. The first kappa shape index (κ1) is 13.7. The molecule has 2 aromatic carbocycles. The number of nitrogens with one attached hydrogen (secondary N) is 1. The summed E-state index contributed by atoms with van der Waals surface area (Å²) in [6, 6.07) is 13.3. The number of benzene rings is 2. The predicted molar refractivity (Wildman–Crippen MR) is 84.1 cm³/mol. The minimum absolute atomic E-state index is 0.128. The van der Waals surface area contributed by atoms with E-state index in [4.69, 9.17) is 4.74 Å². The van der Waals surface area contributed by atoms with Crippen LogP contribution in [0.25, 0.3) is 0 Å². The molecule has 1 amide bonds. The molecular formula is C18H19NO2. The summed E-state index contributed by atoms with van der Waals surface area (Å²) in [5.41, 5.74) is 2.69. The number of anilines is 1. The zero-order chi connectivity index (χ0) is 15.0. The molecule has 0 spiro atoms. The van der Waals surface area contributed by atoms with Crippen LogP contribution in [0, 0.1) is 5.41 Å². The van der Waals surface area contributed by atoms with Crippen molar-refractivity contribution in [2.75, 3.05) is 5.32 Å². The van der Waals surface area contributed by atoms with Crippen molar-refractivity contribution in [3.8, 4) is 11.5 Å². The topological polar surface area (TPSA) is 38.3 Å². The average Bonchev–Trinajstić information content (AvgIpc) is 2.53. The van der Waals surface area contributed by atoms with Crippen LogP contribution >= 0.6 is 0 Å². The summed E-state index contributed by atoms with van der Waals surface area (Å²) in [6.45, 7) is 6.59. The molecule has 1 aliphatic heterocycles. The highest BCUT2D eigenvalue weighted by Crippen LogP contribution is 2.36. The fourth-order valence-corrected chi connectivity index (χ4v) is 2.54. The Morgan fingerprint density at radius 2 is 1.81 bits per heavy atom. The third-order valence-corrected chi connectivity index (χ3v) is 3.38. The highest BCUT2D eigenvalue weighted by atomic mass is 16.5. The number of ether oxygens (including phenoxy) is 1. The molecular weight excluding hydrogens is 262 g/mol. The van der Waals surface area contributed by atoms with Crippen molar-refractivity contribution in [1.29, 1.82) is 0 Å². The van der Waals surface area contributed by atoms with E-state index in [0.29, 0.717) is 17.1 Å². The summed E-state index contributed by atoms with van der Waals surface area (Å²) in [5, 5.41) is 2.94. The van der Waals surface area contributed by atoms with Crippen LogP contribution in [0.1, 0.15) is 36.7 Å². The lowest BCUT2D eigenvalue weighted by Gasteiger charge is -2.19. The number of hydrogen-bond donors (Lipinski definition) is 1. The van der Waals surface area contributed by atoms with Crippen LogP contribution in [0.2, 0.25) is 0 Å². The van der Waals surface area contributed by atoms with Gasteiger partial charge in [-0.25, -0.2) is 0 Å². The molecule has 0 aromatic heterocycles. The van der Waals surface area contributed by atoms with E-state index < -0.39 is 0 Å². The lowest BCUT2D eigenvalue weighted by Crippen LogP contribution is -2.12. The molecule has 3 heteroatoms. The number of carbonyl (C=O) groups excluding carboxylic acids is 1. The van der Waals surface area contributed by atoms with Gasteiger partial charge in [-0.05, 0) is 41.7 Å². The monoisotopic (exact) mass is 281 g/mol. The number of rotatable bonds is 1. The Kier molecular flexibility index (Phi) is 3.20. The Balaban J connectivity index is 1.99. The number of amides is 1. The van der Waals surface area contributed by atoms with Gasteiger partial charge in [0.15, 0.2) is 5.75 Å². The minimum atomic E-state index is -0.128. The first-order chi connectivity index (χ1) is 9.92. The molecule has 21 heavy (non-hydrogen) atoms. The third kappa shape index (κ3) is 2.92. The van der Waals surface area contributed by atoms with Gasteiger partial charge >= 0.3 is 0 Å². The summed E-state index contributed by atoms with van der Waals surface area (Å²) in [5.74, 6) is 1.15. The highest BCUT2D eigenvalue weighted by molar-refractivity contribution is 6.07. The van der Waals surface area contributed by atoms with Gasteiger partial charge < -0.3 is 10.1 Å². The van der Waals surface area contributed by atoms with Crippen molar-refractivity contribution in [1.82, 2.24) is 0 Å². The molecule has 3 rings (SSSR count). The Morgan fingerprint density at radius 3 is 2.57 bits per heavy atom. The quantitative estimate of drug-likeness (QED) is 0.827. The van der Waals surface area contributed by atoms with E-state index in [-0.39, 0.29) is 11.3 Å². The van der Waals surface area contributed by atoms with Crippen molar-refractivity contribution in [2.45, 2.75) is 27.2 Å². The minimum Gasteiger partial charge on any atom is -0.454 e. The maximum absolute atomic E-state index is 12.3. The number of para-hydroxylation sites is 1. The molecule has 0 aliphatic carbocycles. The van der Waals surface area contributed by atoms with Crippen molar-refractivity contribution in [3.05, 3.63) is 53.6 Å². The maximum atomic E-state index is 12.3. The molecule has 0 radical (unpaired) electrons. The van der Waals surface area contributed by atoms with Gasteiger partial charge in [-0.1, -0.05) is 39.0 Å². The van der Waals surface area contributed by atoms with Crippen LogP contribution in [0.4, 0.5) is 5.69 Å². The zero-order valence-corrected chi connectivity index (χ0v) is 12.6. The zero-order valence-electron chi connectivity index (χ0n) is 12.6. The van der Waals surface area contributed by atoms with Crippen molar-refractivity contribution in [2.24, 2.45) is 5.41 Å². The van der Waals surface area contributed by atoms with E-state index >= 15 is 0 Å². The maximum Gasteiger partial charge on any atom is 0.259 e. The van der Waals surface area contributed by atoms with E-state index in [1.54, 1.807) is 6.07 Å². The van der Waals surface area contributed by atoms with Crippen LogP contribution in [-0.4, -0.2) is 5.91 Å². The molecule has 0 saturated heterocycles. The molecule has 0 atom stereocenters. The summed E-state index contributed by atoms with van der Waals surface area (Å²) < 4.78 is 5.87. The van der Waals surface area contributed by atoms with Crippen LogP contribution in [0.15, 0.2) is 42.5 Å². The van der Waals surface area contributed by atoms with Crippen molar-refractivity contribution >= 4 is 11.6 Å². The molecule has 3 nitrogen and oxygen atoms in total. The average molecular weight is 281 g/mol. The van der Waals surface area contributed by atoms with Gasteiger partial charge in [0.2, 0.25) is 0 Å². The van der Waals surface area contributed by atoms with Gasteiger partial charge in [-0.15, -0.1) is 0 Å². The second-order valence-electron chi connectivity index (χ2n) is 6.62. The normalized spacial score (nSPS) is 13.6. The SMILES string of the molecule is CC(C)(C)Cc1ccc2c(c1)NC(=O)c1ccccc1O2. The Hall–Kier alpha value is -2.29. The lowest BCUT2D eigenvalue weighted by atomic mass is 9.88. The van der Waals surface area contributed by atoms with Gasteiger partial charge in [-0.3, -0.25) is 4.79 Å². The van der Waals surface area contributed by atoms with Crippen LogP contribution in [0.5, 0.6) is 11.5 Å². The van der Waals surface area contributed by atoms with Crippen molar-refractivity contribution in [3.63, 3.8) is 0 Å². The third-order valence-electron chi connectivity index (χ3n) is 3.38. The molecule has 0 fully saturated rings. The molecule has 0 saturated carbocycles. The van der Waals surface area contributed by atoms with E-state index in [1.807, 2.05) is 30.3 Å². The standard InChI is InChI=1S/C18H19NO2/c1-18(2,3)11-12-8-9-16-14(10-12)19-17(20)13-6-4-5-7-15(13)21-16/h4-10H,11H2,1-3H3,(H,19,20). The van der Waals surface area contributed by atoms with E-state index in [0.717, 1.165) is 12.1 Å². The summed E-state index contributed by atoms with van der Waals surface area (Å²) in [6.07, 6.45) is 0.948. The predicted octanol–water partition coefficient (Wildman–Crippen LogP) is 4.63. The fourth-order valence-electron chi connectivity index (χ4n) is 2.54. The molecule has 0 unspecified atom stereocenters. The van der Waals surface area contributed by atoms with Crippen LogP contribution in [0.3, 0.4) is 0 Å². The Morgan fingerprint density at radius 1 is 1.05 bits per heavy atom. The summed E-state index contributed by atoms with van der Waals surface area (Å²) >= 11 is 0. The fraction of sp³-hybridized carbons (Fsp3) is 0.278. The molecule has 0 bridgehead atoms. The number of hydrogen-bond acceptors (Lipinski definition) is 2. The van der Waals surface area contributed by atoms with Gasteiger partial charge in [0.1, 0.15) is 5.75 Å². The van der Waals surface area contributed by atoms with E-state index in [9.17, 15) is 4.79 Å². The second-order valence-corrected chi connectivity index (χ2v) is 6.62. The summed E-state index contributed by atoms with van der Waals surface area (Å²) in [4.78, 5) is 12.3. The molecule has 1 aliphatic rings. The van der Waals surface area contributed by atoms with Gasteiger partial charge in [-0.2, -0.15) is 0 Å². The molecule has 1 N–H and O–H groups in total. The summed E-state index contributed by atoms with van der Waals surface area (Å²) in [7, 11) is 0. The molecule has 108 valence electrons. The van der Waals surface area contributed by atoms with Gasteiger partial charge in [0.25, 0.3) is 5.91 Å². The highest BCUT2D eigenvalue weighted by Gasteiger charge is 2.21. The Labute approximate surface area is 124 Å². The van der Waals surface area contributed by atoms with Crippen molar-refractivity contribution < 1.29 is 9.53 Å². The van der Waals surface area contributed by atoms with Crippen LogP contribution < -0.4 is 10.1 Å². The van der Waals surface area contributed by atoms with E-state index in [2.05, 4.69) is 32.2 Å². The first-order valence-corrected chi connectivity index (χ1v) is 7.13. The van der Waals surface area contributed by atoms with Gasteiger partial charge in [0, 0.05) is 0 Å². The van der Waals surface area contributed by atoms with E-state index in [1.165, 1.54) is 5.56 Å².